The van der Waals surface area contributed by atoms with Crippen LogP contribution in [0.3, 0.4) is 0 Å². The zero-order valence-corrected chi connectivity index (χ0v) is 11.9. The quantitative estimate of drug-likeness (QED) is 0.617. The van der Waals surface area contributed by atoms with Crippen molar-refractivity contribution in [3.8, 4) is 17.6 Å². The van der Waals surface area contributed by atoms with Crippen molar-refractivity contribution in [3.63, 3.8) is 0 Å². The molecule has 1 heterocycles. The summed E-state index contributed by atoms with van der Waals surface area (Å²) < 4.78 is 5.72. The van der Waals surface area contributed by atoms with E-state index in [1.54, 1.807) is 6.20 Å². The summed E-state index contributed by atoms with van der Waals surface area (Å²) >= 11 is 5.59. The molecule has 0 saturated carbocycles. The van der Waals surface area contributed by atoms with Crippen LogP contribution in [-0.2, 0) is 6.42 Å². The van der Waals surface area contributed by atoms with Crippen LogP contribution >= 0.6 is 11.6 Å². The number of aromatic nitrogens is 1. The molecule has 0 bridgehead atoms. The van der Waals surface area contributed by atoms with Gasteiger partial charge in [-0.1, -0.05) is 24.0 Å². The fraction of sp³-hybridized carbons (Fsp3) is 0.235. The molecule has 0 aliphatic carbocycles. The highest BCUT2D eigenvalue weighted by atomic mass is 35.5. The number of alkyl halides is 1. The fourth-order valence-corrected chi connectivity index (χ4v) is 1.79. The first-order valence-corrected chi connectivity index (χ1v) is 7.09. The van der Waals surface area contributed by atoms with Crippen LogP contribution in [0.15, 0.2) is 48.7 Å². The zero-order valence-electron chi connectivity index (χ0n) is 11.2. The molecule has 0 saturated heterocycles. The van der Waals surface area contributed by atoms with Gasteiger partial charge in [0.2, 0.25) is 0 Å². The number of halogens is 1. The van der Waals surface area contributed by atoms with Crippen LogP contribution in [0.5, 0.6) is 5.75 Å². The van der Waals surface area contributed by atoms with Crippen LogP contribution in [0, 0.1) is 11.8 Å². The van der Waals surface area contributed by atoms with Gasteiger partial charge < -0.3 is 4.74 Å². The van der Waals surface area contributed by atoms with Gasteiger partial charge in [0.1, 0.15) is 5.75 Å². The van der Waals surface area contributed by atoms with Crippen molar-refractivity contribution >= 4 is 11.6 Å². The van der Waals surface area contributed by atoms with E-state index in [9.17, 15) is 0 Å². The molecule has 0 N–H and O–H groups in total. The van der Waals surface area contributed by atoms with E-state index in [0.717, 1.165) is 23.4 Å². The molecule has 0 aliphatic rings. The third-order valence-corrected chi connectivity index (χ3v) is 2.83. The smallest absolute Gasteiger partial charge is 0.120 e. The number of pyridine rings is 1. The summed E-state index contributed by atoms with van der Waals surface area (Å²) in [6.07, 6.45) is 3.29. The SMILES string of the molecule is ClCCC#Cc1cccc(OCCc2ccccn2)c1. The summed E-state index contributed by atoms with van der Waals surface area (Å²) in [6, 6.07) is 13.7. The van der Waals surface area contributed by atoms with E-state index < -0.39 is 0 Å². The Kier molecular flexibility index (Phi) is 5.95. The average molecular weight is 286 g/mol. The van der Waals surface area contributed by atoms with Gasteiger partial charge >= 0.3 is 0 Å². The monoisotopic (exact) mass is 285 g/mol. The normalized spacial score (nSPS) is 9.65. The van der Waals surface area contributed by atoms with E-state index in [2.05, 4.69) is 16.8 Å². The minimum atomic E-state index is 0.563. The van der Waals surface area contributed by atoms with Gasteiger partial charge in [-0.2, -0.15) is 0 Å². The summed E-state index contributed by atoms with van der Waals surface area (Å²) in [4.78, 5) is 4.26. The van der Waals surface area contributed by atoms with E-state index in [4.69, 9.17) is 16.3 Å². The topological polar surface area (TPSA) is 22.1 Å². The van der Waals surface area contributed by atoms with Crippen molar-refractivity contribution < 1.29 is 4.74 Å². The standard InChI is InChI=1S/C17H16ClNO/c18-11-3-1-6-15-7-5-9-17(14-15)20-13-10-16-8-2-4-12-19-16/h2,4-5,7-9,12,14H,3,10-11,13H2. The first kappa shape index (κ1) is 14.4. The third kappa shape index (κ3) is 4.95. The summed E-state index contributed by atoms with van der Waals surface area (Å²) in [7, 11) is 0. The minimum Gasteiger partial charge on any atom is -0.493 e. The summed E-state index contributed by atoms with van der Waals surface area (Å²) in [6.45, 7) is 0.607. The Morgan fingerprint density at radius 1 is 1.15 bits per heavy atom. The molecule has 1 aromatic carbocycles. The first-order valence-electron chi connectivity index (χ1n) is 6.56. The molecule has 0 fully saturated rings. The predicted molar refractivity (Wildman–Crippen MR) is 82.1 cm³/mol. The molecule has 0 amide bonds. The number of hydrogen-bond acceptors (Lipinski definition) is 2. The first-order chi connectivity index (χ1) is 9.88. The molecule has 2 aromatic rings. The Morgan fingerprint density at radius 3 is 2.90 bits per heavy atom. The number of rotatable bonds is 5. The van der Waals surface area contributed by atoms with Gasteiger partial charge in [0.25, 0.3) is 0 Å². The zero-order chi connectivity index (χ0) is 14.0. The van der Waals surface area contributed by atoms with E-state index in [0.29, 0.717) is 18.9 Å². The van der Waals surface area contributed by atoms with Crippen molar-refractivity contribution in [1.82, 2.24) is 4.98 Å². The van der Waals surface area contributed by atoms with Gasteiger partial charge in [-0.25, -0.2) is 0 Å². The highest BCUT2D eigenvalue weighted by Gasteiger charge is 1.97. The molecule has 102 valence electrons. The van der Waals surface area contributed by atoms with Gasteiger partial charge in [0, 0.05) is 36.2 Å². The van der Waals surface area contributed by atoms with E-state index in [-0.39, 0.29) is 0 Å². The second-order valence-corrected chi connectivity index (χ2v) is 4.57. The van der Waals surface area contributed by atoms with E-state index in [1.807, 2.05) is 42.5 Å². The molecular formula is C17H16ClNO. The summed E-state index contributed by atoms with van der Waals surface area (Å²) in [5, 5.41) is 0. The van der Waals surface area contributed by atoms with E-state index in [1.165, 1.54) is 0 Å². The molecule has 0 aliphatic heterocycles. The van der Waals surface area contributed by atoms with Crippen LogP contribution in [0.1, 0.15) is 17.7 Å². The average Bonchev–Trinajstić information content (AvgIpc) is 2.49. The lowest BCUT2D eigenvalue weighted by molar-refractivity contribution is 0.320. The Balaban J connectivity index is 1.87. The molecule has 0 unspecified atom stereocenters. The van der Waals surface area contributed by atoms with Crippen molar-refractivity contribution in [2.45, 2.75) is 12.8 Å². The molecular weight excluding hydrogens is 270 g/mol. The van der Waals surface area contributed by atoms with Crippen LogP contribution in [0.4, 0.5) is 0 Å². The van der Waals surface area contributed by atoms with Crippen LogP contribution in [0.25, 0.3) is 0 Å². The van der Waals surface area contributed by atoms with Crippen molar-refractivity contribution in [2.75, 3.05) is 12.5 Å². The van der Waals surface area contributed by atoms with Gasteiger partial charge in [-0.3, -0.25) is 4.98 Å². The highest BCUT2D eigenvalue weighted by Crippen LogP contribution is 2.13. The Labute approximate surface area is 124 Å². The molecule has 20 heavy (non-hydrogen) atoms. The second-order valence-electron chi connectivity index (χ2n) is 4.19. The maximum atomic E-state index is 5.72. The maximum absolute atomic E-state index is 5.72. The largest absolute Gasteiger partial charge is 0.493 e. The summed E-state index contributed by atoms with van der Waals surface area (Å²) in [5.41, 5.74) is 1.98. The highest BCUT2D eigenvalue weighted by molar-refractivity contribution is 6.18. The number of benzene rings is 1. The van der Waals surface area contributed by atoms with Gasteiger partial charge in [-0.05, 0) is 30.3 Å². The van der Waals surface area contributed by atoms with Crippen LogP contribution < -0.4 is 4.74 Å². The fourth-order valence-electron chi connectivity index (χ4n) is 1.69. The van der Waals surface area contributed by atoms with Crippen LogP contribution in [-0.4, -0.2) is 17.5 Å². The molecule has 2 nitrogen and oxygen atoms in total. The predicted octanol–water partition coefficient (Wildman–Crippen LogP) is 3.68. The summed E-state index contributed by atoms with van der Waals surface area (Å²) in [5.74, 6) is 7.48. The number of hydrogen-bond donors (Lipinski definition) is 0. The lowest BCUT2D eigenvalue weighted by Gasteiger charge is -2.06. The minimum absolute atomic E-state index is 0.563. The van der Waals surface area contributed by atoms with Crippen molar-refractivity contribution in [1.29, 1.82) is 0 Å². The molecule has 0 spiro atoms. The van der Waals surface area contributed by atoms with Crippen molar-refractivity contribution in [3.05, 3.63) is 59.9 Å². The molecule has 0 atom stereocenters. The van der Waals surface area contributed by atoms with Crippen molar-refractivity contribution in [2.24, 2.45) is 0 Å². The number of ether oxygens (including phenoxy) is 1. The second kappa shape index (κ2) is 8.24. The van der Waals surface area contributed by atoms with Gasteiger partial charge in [0.05, 0.1) is 6.61 Å². The Morgan fingerprint density at radius 2 is 2.10 bits per heavy atom. The molecule has 2 rings (SSSR count). The Bertz CT molecular complexity index is 587. The molecule has 0 radical (unpaired) electrons. The van der Waals surface area contributed by atoms with E-state index >= 15 is 0 Å². The lowest BCUT2D eigenvalue weighted by Crippen LogP contribution is -2.02. The molecule has 1 aromatic heterocycles. The third-order valence-electron chi connectivity index (χ3n) is 2.64. The molecule has 3 heteroatoms. The maximum Gasteiger partial charge on any atom is 0.120 e. The Hall–Kier alpha value is -1.98. The van der Waals surface area contributed by atoms with Crippen LogP contribution in [0.2, 0.25) is 0 Å². The lowest BCUT2D eigenvalue weighted by atomic mass is 10.2. The number of nitrogens with zero attached hydrogens (tertiary/aromatic N) is 1. The van der Waals surface area contributed by atoms with Gasteiger partial charge in [-0.15, -0.1) is 11.6 Å². The van der Waals surface area contributed by atoms with Gasteiger partial charge in [0.15, 0.2) is 0 Å².